The third-order valence-corrected chi connectivity index (χ3v) is 3.81. The van der Waals surface area contributed by atoms with E-state index in [-0.39, 0.29) is 12.4 Å². The molecular weight excluding hydrogens is 267 g/mol. The molecule has 1 saturated heterocycles. The lowest BCUT2D eigenvalue weighted by atomic mass is 10.1. The lowest BCUT2D eigenvalue weighted by molar-refractivity contribution is 0.132. The first-order valence-electron chi connectivity index (χ1n) is 7.55. The first-order chi connectivity index (χ1) is 10.2. The average Bonchev–Trinajstić information content (AvgIpc) is 2.51. The van der Waals surface area contributed by atoms with Crippen molar-refractivity contribution in [2.24, 2.45) is 0 Å². The maximum atomic E-state index is 13.7. The molecule has 0 aliphatic carbocycles. The number of benzene rings is 1. The molecule has 0 amide bonds. The van der Waals surface area contributed by atoms with Crippen LogP contribution in [0.1, 0.15) is 24.5 Å². The molecular formula is C17H23FN2O. The summed E-state index contributed by atoms with van der Waals surface area (Å²) in [7, 11) is 0. The second-order valence-electron chi connectivity index (χ2n) is 5.30. The summed E-state index contributed by atoms with van der Waals surface area (Å²) >= 11 is 0. The lowest BCUT2D eigenvalue weighted by Crippen LogP contribution is -2.45. The van der Waals surface area contributed by atoms with Gasteiger partial charge in [0.25, 0.3) is 0 Å². The normalized spacial score (nSPS) is 16.5. The topological polar surface area (TPSA) is 26.7 Å². The predicted octanol–water partition coefficient (Wildman–Crippen LogP) is 1.70. The summed E-state index contributed by atoms with van der Waals surface area (Å²) in [5, 5.41) is 8.72. The van der Waals surface area contributed by atoms with Crippen LogP contribution in [0.4, 0.5) is 4.39 Å². The van der Waals surface area contributed by atoms with Gasteiger partial charge in [0.2, 0.25) is 0 Å². The number of hydrogen-bond acceptors (Lipinski definition) is 3. The maximum absolute atomic E-state index is 13.7. The molecule has 0 radical (unpaired) electrons. The Bertz CT molecular complexity index is 513. The van der Waals surface area contributed by atoms with Crippen LogP contribution in [0.15, 0.2) is 18.2 Å². The van der Waals surface area contributed by atoms with Crippen LogP contribution in [-0.2, 0) is 6.54 Å². The third-order valence-electron chi connectivity index (χ3n) is 3.81. The van der Waals surface area contributed by atoms with Crippen molar-refractivity contribution >= 4 is 0 Å². The van der Waals surface area contributed by atoms with E-state index in [2.05, 4.69) is 28.6 Å². The molecule has 21 heavy (non-hydrogen) atoms. The van der Waals surface area contributed by atoms with E-state index in [1.165, 1.54) is 6.07 Å². The molecule has 1 aliphatic heterocycles. The van der Waals surface area contributed by atoms with Gasteiger partial charge in [0.15, 0.2) is 0 Å². The smallest absolute Gasteiger partial charge is 0.138 e. The second kappa shape index (κ2) is 8.14. The molecule has 1 aromatic rings. The number of rotatable bonds is 4. The highest BCUT2D eigenvalue weighted by molar-refractivity contribution is 5.38. The molecule has 1 fully saturated rings. The van der Waals surface area contributed by atoms with Crippen LogP contribution < -0.4 is 0 Å². The summed E-state index contributed by atoms with van der Waals surface area (Å²) in [5.41, 5.74) is 1.52. The van der Waals surface area contributed by atoms with Crippen molar-refractivity contribution in [2.45, 2.75) is 19.9 Å². The highest BCUT2D eigenvalue weighted by Crippen LogP contribution is 2.13. The molecule has 0 saturated carbocycles. The Morgan fingerprint density at radius 1 is 1.19 bits per heavy atom. The zero-order chi connectivity index (χ0) is 15.1. The van der Waals surface area contributed by atoms with Gasteiger partial charge < -0.3 is 10.0 Å². The molecule has 0 unspecified atom stereocenters. The van der Waals surface area contributed by atoms with Gasteiger partial charge in [-0.25, -0.2) is 4.39 Å². The van der Waals surface area contributed by atoms with Crippen molar-refractivity contribution in [3.63, 3.8) is 0 Å². The van der Waals surface area contributed by atoms with E-state index >= 15 is 0 Å². The van der Waals surface area contributed by atoms with Gasteiger partial charge in [0.1, 0.15) is 5.82 Å². The van der Waals surface area contributed by atoms with E-state index in [0.29, 0.717) is 12.0 Å². The third kappa shape index (κ3) is 4.82. The molecule has 0 spiro atoms. The maximum Gasteiger partial charge on any atom is 0.138 e. The summed E-state index contributed by atoms with van der Waals surface area (Å²) in [5.74, 6) is 5.28. The Morgan fingerprint density at radius 3 is 2.57 bits per heavy atom. The van der Waals surface area contributed by atoms with Gasteiger partial charge in [-0.1, -0.05) is 24.8 Å². The zero-order valence-electron chi connectivity index (χ0n) is 12.6. The minimum Gasteiger partial charge on any atom is -0.395 e. The van der Waals surface area contributed by atoms with Gasteiger partial charge in [-0.3, -0.25) is 4.90 Å². The van der Waals surface area contributed by atoms with Crippen LogP contribution in [0.2, 0.25) is 0 Å². The molecule has 4 heteroatoms. The Morgan fingerprint density at radius 2 is 1.90 bits per heavy atom. The quantitative estimate of drug-likeness (QED) is 0.855. The highest BCUT2D eigenvalue weighted by Gasteiger charge is 2.15. The Labute approximate surface area is 126 Å². The van der Waals surface area contributed by atoms with E-state index in [9.17, 15) is 4.39 Å². The number of likely N-dealkylation sites (N-methyl/N-ethyl adjacent to an activating group) is 1. The molecule has 114 valence electrons. The van der Waals surface area contributed by atoms with E-state index in [1.807, 2.05) is 12.1 Å². The van der Waals surface area contributed by atoms with Gasteiger partial charge in [0, 0.05) is 39.1 Å². The van der Waals surface area contributed by atoms with E-state index in [0.717, 1.165) is 44.8 Å². The fraction of sp³-hybridized carbons (Fsp3) is 0.529. The summed E-state index contributed by atoms with van der Waals surface area (Å²) in [4.78, 5) is 4.83. The van der Waals surface area contributed by atoms with Crippen molar-refractivity contribution < 1.29 is 9.50 Å². The van der Waals surface area contributed by atoms with Crippen LogP contribution in [0.5, 0.6) is 0 Å². The lowest BCUT2D eigenvalue weighted by Gasteiger charge is -2.34. The van der Waals surface area contributed by atoms with E-state index < -0.39 is 0 Å². The second-order valence-corrected chi connectivity index (χ2v) is 5.30. The molecule has 0 aromatic heterocycles. The number of hydrogen-bond donors (Lipinski definition) is 1. The van der Waals surface area contributed by atoms with E-state index in [4.69, 9.17) is 5.11 Å². The highest BCUT2D eigenvalue weighted by atomic mass is 19.1. The zero-order valence-corrected chi connectivity index (χ0v) is 12.6. The van der Waals surface area contributed by atoms with Crippen LogP contribution >= 0.6 is 0 Å². The Kier molecular flexibility index (Phi) is 6.19. The fourth-order valence-corrected chi connectivity index (χ4v) is 2.50. The molecule has 1 aliphatic rings. The first kappa shape index (κ1) is 16.0. The molecule has 3 nitrogen and oxygen atoms in total. The summed E-state index contributed by atoms with van der Waals surface area (Å²) in [6.07, 6.45) is 0.378. The Balaban J connectivity index is 1.98. The minimum absolute atomic E-state index is 0.00994. The predicted molar refractivity (Wildman–Crippen MR) is 82.4 cm³/mol. The number of nitrogens with zero attached hydrogens (tertiary/aromatic N) is 2. The van der Waals surface area contributed by atoms with Crippen LogP contribution in [0.3, 0.4) is 0 Å². The van der Waals surface area contributed by atoms with Crippen LogP contribution in [-0.4, -0.2) is 54.2 Å². The van der Waals surface area contributed by atoms with Crippen molar-refractivity contribution in [1.82, 2.24) is 9.80 Å². The van der Waals surface area contributed by atoms with Crippen molar-refractivity contribution in [3.8, 4) is 11.8 Å². The van der Waals surface area contributed by atoms with Crippen molar-refractivity contribution in [2.75, 3.05) is 39.3 Å². The largest absolute Gasteiger partial charge is 0.395 e. The summed E-state index contributed by atoms with van der Waals surface area (Å²) < 4.78 is 13.7. The summed E-state index contributed by atoms with van der Waals surface area (Å²) in [6, 6.07) is 5.14. The van der Waals surface area contributed by atoms with E-state index in [1.54, 1.807) is 0 Å². The van der Waals surface area contributed by atoms with Gasteiger partial charge in [-0.15, -0.1) is 0 Å². The van der Waals surface area contributed by atoms with Crippen molar-refractivity contribution in [3.05, 3.63) is 35.1 Å². The van der Waals surface area contributed by atoms with Gasteiger partial charge in [-0.2, -0.15) is 0 Å². The minimum atomic E-state index is -0.292. The molecule has 0 bridgehead atoms. The van der Waals surface area contributed by atoms with Gasteiger partial charge in [-0.05, 0) is 24.2 Å². The number of aliphatic hydroxyl groups is 1. The fourth-order valence-electron chi connectivity index (χ4n) is 2.50. The monoisotopic (exact) mass is 290 g/mol. The van der Waals surface area contributed by atoms with Gasteiger partial charge in [0.05, 0.1) is 12.2 Å². The van der Waals surface area contributed by atoms with Crippen molar-refractivity contribution in [1.29, 1.82) is 0 Å². The average molecular weight is 290 g/mol. The van der Waals surface area contributed by atoms with Gasteiger partial charge >= 0.3 is 0 Å². The molecule has 1 N–H and O–H groups in total. The molecule has 1 aromatic carbocycles. The molecule has 0 atom stereocenters. The SMILES string of the molecule is CCN1CCN(Cc2ccc(F)c(C#CCCO)c2)CC1. The number of aliphatic hydroxyl groups excluding tert-OH is 1. The number of piperazine rings is 1. The van der Waals surface area contributed by atoms with Crippen LogP contribution in [0, 0.1) is 17.7 Å². The molecule has 2 rings (SSSR count). The summed E-state index contributed by atoms with van der Waals surface area (Å²) in [6.45, 7) is 8.44. The standard InChI is InChI=1S/C17H23FN2O/c1-2-19-8-10-20(11-9-19)14-15-6-7-17(18)16(13-15)5-3-4-12-21/h6-7,13,21H,2,4,8-12,14H2,1H3. The number of halogens is 1. The van der Waals surface area contributed by atoms with Crippen LogP contribution in [0.25, 0.3) is 0 Å². The Hall–Kier alpha value is -1.41. The molecule has 1 heterocycles. The first-order valence-corrected chi connectivity index (χ1v) is 7.55.